The van der Waals surface area contributed by atoms with E-state index in [0.29, 0.717) is 0 Å². The molecule has 2 heterocycles. The Hall–Kier alpha value is -1.97. The van der Waals surface area contributed by atoms with Crippen molar-refractivity contribution in [3.63, 3.8) is 0 Å². The second-order valence-corrected chi connectivity index (χ2v) is 2.82. The fraction of sp³-hybridized carbons (Fsp3) is 0.100. The molecule has 0 aromatic carbocycles. The molecule has 0 aliphatic rings. The molecule has 0 aliphatic carbocycles. The number of imidazole rings is 1. The number of rotatable bonds is 3. The predicted octanol–water partition coefficient (Wildman–Crippen LogP) is 0.977. The molecule has 0 amide bonds. The van der Waals surface area contributed by atoms with Crippen molar-refractivity contribution in [2.24, 2.45) is 0 Å². The van der Waals surface area contributed by atoms with Crippen LogP contribution in [0, 0.1) is 0 Å². The first kappa shape index (κ1) is 8.62. The summed E-state index contributed by atoms with van der Waals surface area (Å²) in [6.07, 6.45) is 10.2. The SMILES string of the molecule is O=[C]C(c1cccnc1)n1ccnc1. The van der Waals surface area contributed by atoms with Gasteiger partial charge in [-0.3, -0.25) is 9.78 Å². The number of hydrogen-bond donors (Lipinski definition) is 0. The zero-order chi connectivity index (χ0) is 9.80. The second kappa shape index (κ2) is 3.83. The Labute approximate surface area is 81.2 Å². The van der Waals surface area contributed by atoms with Gasteiger partial charge >= 0.3 is 0 Å². The van der Waals surface area contributed by atoms with Crippen molar-refractivity contribution in [2.75, 3.05) is 0 Å². The topological polar surface area (TPSA) is 47.8 Å². The van der Waals surface area contributed by atoms with E-state index in [-0.39, 0.29) is 0 Å². The van der Waals surface area contributed by atoms with Gasteiger partial charge in [-0.2, -0.15) is 0 Å². The molecule has 1 radical (unpaired) electrons. The molecule has 0 spiro atoms. The van der Waals surface area contributed by atoms with Gasteiger partial charge in [0.05, 0.1) is 6.33 Å². The van der Waals surface area contributed by atoms with Crippen LogP contribution in [0.5, 0.6) is 0 Å². The Morgan fingerprint density at radius 3 is 2.86 bits per heavy atom. The van der Waals surface area contributed by atoms with Crippen LogP contribution in [0.4, 0.5) is 0 Å². The van der Waals surface area contributed by atoms with Crippen LogP contribution in [0.25, 0.3) is 0 Å². The lowest BCUT2D eigenvalue weighted by atomic mass is 10.1. The smallest absolute Gasteiger partial charge is 0.228 e. The summed E-state index contributed by atoms with van der Waals surface area (Å²) in [6.45, 7) is 0. The Bertz CT molecular complexity index is 397. The Balaban J connectivity index is 2.36. The van der Waals surface area contributed by atoms with Crippen LogP contribution in [0.15, 0.2) is 43.2 Å². The molecule has 0 aliphatic heterocycles. The molecule has 4 nitrogen and oxygen atoms in total. The van der Waals surface area contributed by atoms with Crippen LogP contribution < -0.4 is 0 Å². The average molecular weight is 186 g/mol. The van der Waals surface area contributed by atoms with Gasteiger partial charge in [0.15, 0.2) is 0 Å². The number of aromatic nitrogens is 3. The van der Waals surface area contributed by atoms with Crippen LogP contribution in [0.2, 0.25) is 0 Å². The van der Waals surface area contributed by atoms with Crippen LogP contribution in [0.3, 0.4) is 0 Å². The maximum absolute atomic E-state index is 10.8. The molecule has 1 unspecified atom stereocenters. The summed E-state index contributed by atoms with van der Waals surface area (Å²) in [5.41, 5.74) is 0.806. The normalized spacial score (nSPS) is 12.3. The monoisotopic (exact) mass is 186 g/mol. The highest BCUT2D eigenvalue weighted by atomic mass is 16.1. The quantitative estimate of drug-likeness (QED) is 0.717. The third kappa shape index (κ3) is 1.54. The minimum absolute atomic E-state index is 0.453. The zero-order valence-electron chi connectivity index (χ0n) is 7.37. The molecule has 69 valence electrons. The van der Waals surface area contributed by atoms with E-state index in [1.807, 2.05) is 12.4 Å². The van der Waals surface area contributed by atoms with Crippen molar-refractivity contribution >= 4 is 6.29 Å². The molecular formula is C10H8N3O. The lowest BCUT2D eigenvalue weighted by Crippen LogP contribution is -2.09. The summed E-state index contributed by atoms with van der Waals surface area (Å²) in [7, 11) is 0. The van der Waals surface area contributed by atoms with Crippen molar-refractivity contribution in [3.05, 3.63) is 48.8 Å². The number of hydrogen-bond acceptors (Lipinski definition) is 3. The summed E-state index contributed by atoms with van der Waals surface area (Å²) < 4.78 is 1.68. The number of pyridine rings is 1. The minimum Gasteiger partial charge on any atom is -0.322 e. The highest BCUT2D eigenvalue weighted by Crippen LogP contribution is 2.13. The van der Waals surface area contributed by atoms with E-state index in [2.05, 4.69) is 9.97 Å². The Kier molecular flexibility index (Phi) is 2.36. The van der Waals surface area contributed by atoms with Crippen molar-refractivity contribution in [1.29, 1.82) is 0 Å². The van der Waals surface area contributed by atoms with Crippen molar-refractivity contribution < 1.29 is 4.79 Å². The van der Waals surface area contributed by atoms with Crippen molar-refractivity contribution in [3.8, 4) is 0 Å². The van der Waals surface area contributed by atoms with Gasteiger partial charge in [-0.05, 0) is 6.07 Å². The van der Waals surface area contributed by atoms with E-state index in [4.69, 9.17) is 0 Å². The summed E-state index contributed by atoms with van der Waals surface area (Å²) in [4.78, 5) is 18.6. The van der Waals surface area contributed by atoms with Crippen molar-refractivity contribution in [1.82, 2.24) is 14.5 Å². The summed E-state index contributed by atoms with van der Waals surface area (Å²) in [6, 6.07) is 3.17. The third-order valence-corrected chi connectivity index (χ3v) is 1.93. The molecule has 0 saturated carbocycles. The van der Waals surface area contributed by atoms with Crippen molar-refractivity contribution in [2.45, 2.75) is 6.04 Å². The molecular weight excluding hydrogens is 178 g/mol. The molecule has 0 saturated heterocycles. The van der Waals surface area contributed by atoms with Crippen LogP contribution >= 0.6 is 0 Å². The molecule has 0 N–H and O–H groups in total. The van der Waals surface area contributed by atoms with E-state index in [9.17, 15) is 4.79 Å². The Morgan fingerprint density at radius 2 is 2.29 bits per heavy atom. The highest BCUT2D eigenvalue weighted by molar-refractivity contribution is 5.62. The average Bonchev–Trinajstić information content (AvgIpc) is 2.74. The van der Waals surface area contributed by atoms with Gasteiger partial charge in [-0.1, -0.05) is 6.07 Å². The minimum atomic E-state index is -0.453. The molecule has 0 bridgehead atoms. The van der Waals surface area contributed by atoms with Gasteiger partial charge in [0, 0.05) is 30.4 Å². The van der Waals surface area contributed by atoms with Gasteiger partial charge in [-0.15, -0.1) is 0 Å². The number of carbonyl (C=O) groups excluding carboxylic acids is 1. The van der Waals surface area contributed by atoms with Gasteiger partial charge in [0.25, 0.3) is 0 Å². The van der Waals surface area contributed by atoms with Crippen LogP contribution in [-0.2, 0) is 4.79 Å². The first-order valence-electron chi connectivity index (χ1n) is 4.17. The summed E-state index contributed by atoms with van der Waals surface area (Å²) in [5.74, 6) is 0. The zero-order valence-corrected chi connectivity index (χ0v) is 7.37. The lowest BCUT2D eigenvalue weighted by Gasteiger charge is -2.09. The maximum Gasteiger partial charge on any atom is 0.228 e. The first-order valence-corrected chi connectivity index (χ1v) is 4.17. The molecule has 14 heavy (non-hydrogen) atoms. The largest absolute Gasteiger partial charge is 0.322 e. The Morgan fingerprint density at radius 1 is 1.36 bits per heavy atom. The molecule has 0 fully saturated rings. The molecule has 4 heteroatoms. The fourth-order valence-corrected chi connectivity index (χ4v) is 1.26. The molecule has 1 atom stereocenters. The lowest BCUT2D eigenvalue weighted by molar-refractivity contribution is 0.530. The van der Waals surface area contributed by atoms with E-state index in [1.165, 1.54) is 0 Å². The van der Waals surface area contributed by atoms with E-state index >= 15 is 0 Å². The molecule has 2 rings (SSSR count). The summed E-state index contributed by atoms with van der Waals surface area (Å²) >= 11 is 0. The van der Waals surface area contributed by atoms with E-state index in [0.717, 1.165) is 5.56 Å². The molecule has 2 aromatic heterocycles. The standard InChI is InChI=1S/C10H8N3O/c14-7-10(13-5-4-12-8-13)9-2-1-3-11-6-9/h1-6,8,10H. The van der Waals surface area contributed by atoms with Gasteiger partial charge < -0.3 is 4.57 Å². The van der Waals surface area contributed by atoms with E-state index < -0.39 is 6.04 Å². The second-order valence-electron chi connectivity index (χ2n) is 2.82. The highest BCUT2D eigenvalue weighted by Gasteiger charge is 2.12. The summed E-state index contributed by atoms with van der Waals surface area (Å²) in [5, 5.41) is 0. The van der Waals surface area contributed by atoms with Gasteiger partial charge in [-0.25, -0.2) is 4.98 Å². The van der Waals surface area contributed by atoms with E-state index in [1.54, 1.807) is 41.7 Å². The van der Waals surface area contributed by atoms with Crippen LogP contribution in [0.1, 0.15) is 11.6 Å². The first-order chi connectivity index (χ1) is 6.92. The fourth-order valence-electron chi connectivity index (χ4n) is 1.26. The third-order valence-electron chi connectivity index (χ3n) is 1.93. The molecule has 2 aromatic rings. The van der Waals surface area contributed by atoms with Crippen LogP contribution in [-0.4, -0.2) is 20.8 Å². The maximum atomic E-state index is 10.8. The predicted molar refractivity (Wildman–Crippen MR) is 50.3 cm³/mol. The number of nitrogens with zero attached hydrogens (tertiary/aromatic N) is 3. The van der Waals surface area contributed by atoms with Gasteiger partial charge in [0.1, 0.15) is 6.04 Å². The van der Waals surface area contributed by atoms with Gasteiger partial charge in [0.2, 0.25) is 6.29 Å².